The van der Waals surface area contributed by atoms with E-state index in [0.29, 0.717) is 5.82 Å². The van der Waals surface area contributed by atoms with Crippen LogP contribution in [0, 0.1) is 0 Å². The largest absolute Gasteiger partial charge is 0.480 e. The first kappa shape index (κ1) is 23.9. The zero-order chi connectivity index (χ0) is 25.8. The summed E-state index contributed by atoms with van der Waals surface area (Å²) in [5, 5.41) is 18.1. The molecule has 5 rings (SSSR count). The molecule has 0 unspecified atom stereocenters. The monoisotopic (exact) mass is 496 g/mol. The van der Waals surface area contributed by atoms with E-state index in [9.17, 15) is 19.5 Å². The third-order valence-electron chi connectivity index (χ3n) is 6.35. The molecule has 2 heterocycles. The molecule has 9 nitrogen and oxygen atoms in total. The molecule has 1 aliphatic rings. The number of ether oxygens (including phenoxy) is 1. The summed E-state index contributed by atoms with van der Waals surface area (Å²) in [6.45, 7) is -0.231. The highest BCUT2D eigenvalue weighted by Gasteiger charge is 2.41. The number of carboxylic acids is 1. The van der Waals surface area contributed by atoms with Gasteiger partial charge in [0, 0.05) is 0 Å². The van der Waals surface area contributed by atoms with Gasteiger partial charge in [-0.2, -0.15) is 0 Å². The van der Waals surface area contributed by atoms with E-state index in [2.05, 4.69) is 10.2 Å². The van der Waals surface area contributed by atoms with Crippen LogP contribution in [0.3, 0.4) is 0 Å². The van der Waals surface area contributed by atoms with Crippen molar-refractivity contribution in [3.05, 3.63) is 119 Å². The molecule has 0 saturated carbocycles. The second-order valence-electron chi connectivity index (χ2n) is 8.69. The molecule has 0 aliphatic carbocycles. The van der Waals surface area contributed by atoms with E-state index in [-0.39, 0.29) is 31.4 Å². The normalized spacial score (nSPS) is 14.7. The lowest BCUT2D eigenvalue weighted by molar-refractivity contribution is -0.153. The molecular formula is C28H24N4O5. The average Bonchev–Trinajstić information content (AvgIpc) is 3.36. The summed E-state index contributed by atoms with van der Waals surface area (Å²) < 4.78 is 6.80. The van der Waals surface area contributed by atoms with Gasteiger partial charge >= 0.3 is 11.9 Å². The van der Waals surface area contributed by atoms with Crippen molar-refractivity contribution < 1.29 is 24.2 Å². The number of nitrogens with zero attached hydrogens (tertiary/aromatic N) is 4. The molecule has 0 fully saturated rings. The number of esters is 1. The van der Waals surface area contributed by atoms with E-state index in [0.717, 1.165) is 16.7 Å². The van der Waals surface area contributed by atoms with E-state index < -0.39 is 23.9 Å². The Labute approximate surface area is 212 Å². The molecule has 1 aromatic heterocycles. The first-order valence-electron chi connectivity index (χ1n) is 11.8. The summed E-state index contributed by atoms with van der Waals surface area (Å²) in [7, 11) is 0. The van der Waals surface area contributed by atoms with Gasteiger partial charge in [0.15, 0.2) is 5.82 Å². The number of benzene rings is 3. The fraction of sp³-hybridized carbons (Fsp3) is 0.179. The number of aromatic nitrogens is 3. The van der Waals surface area contributed by atoms with Gasteiger partial charge in [-0.1, -0.05) is 91.0 Å². The van der Waals surface area contributed by atoms with Crippen LogP contribution in [0.25, 0.3) is 0 Å². The maximum absolute atomic E-state index is 13.9. The lowest BCUT2D eigenvalue weighted by atomic mass is 9.89. The molecule has 0 spiro atoms. The third-order valence-corrected chi connectivity index (χ3v) is 6.35. The fourth-order valence-corrected chi connectivity index (χ4v) is 4.49. The highest BCUT2D eigenvalue weighted by Crippen LogP contribution is 2.30. The molecule has 1 N–H and O–H groups in total. The zero-order valence-corrected chi connectivity index (χ0v) is 19.8. The minimum atomic E-state index is -1.22. The second kappa shape index (κ2) is 10.4. The van der Waals surface area contributed by atoms with Gasteiger partial charge in [-0.25, -0.2) is 9.59 Å². The smallest absolute Gasteiger partial charge is 0.376 e. The molecule has 1 atom stereocenters. The number of carbonyl (C=O) groups excluding carboxylic acids is 2. The van der Waals surface area contributed by atoms with Crippen molar-refractivity contribution in [2.24, 2.45) is 0 Å². The first-order valence-corrected chi connectivity index (χ1v) is 11.8. The van der Waals surface area contributed by atoms with Crippen molar-refractivity contribution in [1.82, 2.24) is 19.7 Å². The number of carbonyl (C=O) groups is 3. The number of rotatable bonds is 7. The van der Waals surface area contributed by atoms with Gasteiger partial charge in [-0.3, -0.25) is 4.79 Å². The van der Waals surface area contributed by atoms with Gasteiger partial charge < -0.3 is 19.3 Å². The van der Waals surface area contributed by atoms with Gasteiger partial charge in [-0.15, -0.1) is 10.2 Å². The Bertz CT molecular complexity index is 1370. The SMILES string of the molecule is O=C(OCc1ccccc1)c1nnc2n1C[C@@H](C(=O)O)N(C(=O)C(c1ccccc1)c1ccccc1)C2. The molecule has 0 radical (unpaired) electrons. The van der Waals surface area contributed by atoms with E-state index in [4.69, 9.17) is 4.74 Å². The van der Waals surface area contributed by atoms with Crippen LogP contribution in [0.1, 0.15) is 39.1 Å². The van der Waals surface area contributed by atoms with Gasteiger partial charge in [0.2, 0.25) is 11.7 Å². The van der Waals surface area contributed by atoms with Crippen molar-refractivity contribution in [2.45, 2.75) is 31.7 Å². The standard InChI is InChI=1S/C28H24N4O5/c33-26(24(20-12-6-2-7-13-20)21-14-8-3-9-15-21)31-17-23-29-30-25(32(23)16-22(31)27(34)35)28(36)37-18-19-10-4-1-5-11-19/h1-15,22,24H,16-18H2,(H,34,35)/t22-/m0/s1. The number of fused-ring (bicyclic) bond motifs is 1. The van der Waals surface area contributed by atoms with Crippen molar-refractivity contribution in [3.63, 3.8) is 0 Å². The van der Waals surface area contributed by atoms with Crippen LogP contribution in [0.5, 0.6) is 0 Å². The van der Waals surface area contributed by atoms with Crippen molar-refractivity contribution in [3.8, 4) is 0 Å². The van der Waals surface area contributed by atoms with Gasteiger partial charge in [-0.05, 0) is 16.7 Å². The molecule has 4 aromatic rings. The molecular weight excluding hydrogens is 472 g/mol. The Hall–Kier alpha value is -4.79. The molecule has 37 heavy (non-hydrogen) atoms. The lowest BCUT2D eigenvalue weighted by Gasteiger charge is -2.36. The highest BCUT2D eigenvalue weighted by molar-refractivity contribution is 5.91. The summed E-state index contributed by atoms with van der Waals surface area (Å²) in [5.74, 6) is -2.74. The van der Waals surface area contributed by atoms with Gasteiger partial charge in [0.05, 0.1) is 19.0 Å². The topological polar surface area (TPSA) is 115 Å². The van der Waals surface area contributed by atoms with Crippen LogP contribution in [0.2, 0.25) is 0 Å². The minimum absolute atomic E-state index is 0.0463. The summed E-state index contributed by atoms with van der Waals surface area (Å²) in [6, 6.07) is 26.4. The predicted molar refractivity (Wildman–Crippen MR) is 132 cm³/mol. The van der Waals surface area contributed by atoms with Crippen molar-refractivity contribution in [1.29, 1.82) is 0 Å². The molecule has 3 aromatic carbocycles. The lowest BCUT2D eigenvalue weighted by Crippen LogP contribution is -2.52. The van der Waals surface area contributed by atoms with E-state index >= 15 is 0 Å². The Balaban J connectivity index is 1.43. The fourth-order valence-electron chi connectivity index (χ4n) is 4.49. The molecule has 0 bridgehead atoms. The Kier molecular flexibility index (Phi) is 6.76. The number of aliphatic carboxylic acids is 1. The maximum Gasteiger partial charge on any atom is 0.376 e. The maximum atomic E-state index is 13.9. The van der Waals surface area contributed by atoms with E-state index in [1.54, 1.807) is 0 Å². The van der Waals surface area contributed by atoms with Crippen LogP contribution in [0.15, 0.2) is 91.0 Å². The molecule has 1 amide bonds. The van der Waals surface area contributed by atoms with E-state index in [1.165, 1.54) is 9.47 Å². The first-order chi connectivity index (χ1) is 18.0. The zero-order valence-electron chi connectivity index (χ0n) is 19.8. The van der Waals surface area contributed by atoms with Crippen LogP contribution in [-0.2, 0) is 34.0 Å². The summed E-state index contributed by atoms with van der Waals surface area (Å²) in [4.78, 5) is 40.3. The summed E-state index contributed by atoms with van der Waals surface area (Å²) >= 11 is 0. The van der Waals surface area contributed by atoms with Crippen molar-refractivity contribution in [2.75, 3.05) is 0 Å². The second-order valence-corrected chi connectivity index (χ2v) is 8.69. The van der Waals surface area contributed by atoms with Crippen molar-refractivity contribution >= 4 is 17.8 Å². The number of amides is 1. The summed E-state index contributed by atoms with van der Waals surface area (Å²) in [5.41, 5.74) is 2.31. The third kappa shape index (κ3) is 4.97. The Morgan fingerprint density at radius 2 is 1.43 bits per heavy atom. The molecule has 9 heteroatoms. The van der Waals surface area contributed by atoms with Crippen LogP contribution < -0.4 is 0 Å². The highest BCUT2D eigenvalue weighted by atomic mass is 16.5. The number of hydrogen-bond acceptors (Lipinski definition) is 6. The summed E-state index contributed by atoms with van der Waals surface area (Å²) in [6.07, 6.45) is 0. The number of hydrogen-bond donors (Lipinski definition) is 1. The predicted octanol–water partition coefficient (Wildman–Crippen LogP) is 3.26. The van der Waals surface area contributed by atoms with Crippen LogP contribution >= 0.6 is 0 Å². The average molecular weight is 497 g/mol. The minimum Gasteiger partial charge on any atom is -0.480 e. The van der Waals surface area contributed by atoms with Crippen LogP contribution in [0.4, 0.5) is 0 Å². The van der Waals surface area contributed by atoms with Gasteiger partial charge in [0.25, 0.3) is 0 Å². The number of carboxylic acid groups (broad SMARTS) is 1. The van der Waals surface area contributed by atoms with Crippen LogP contribution in [-0.4, -0.2) is 48.7 Å². The molecule has 0 saturated heterocycles. The molecule has 1 aliphatic heterocycles. The van der Waals surface area contributed by atoms with Gasteiger partial charge in [0.1, 0.15) is 12.6 Å². The quantitative estimate of drug-likeness (QED) is 0.391. The Morgan fingerprint density at radius 3 is 2.00 bits per heavy atom. The van der Waals surface area contributed by atoms with E-state index in [1.807, 2.05) is 91.0 Å². The molecule has 186 valence electrons. The Morgan fingerprint density at radius 1 is 0.865 bits per heavy atom.